The molecule has 11 heavy (non-hydrogen) atoms. The van der Waals surface area contributed by atoms with E-state index >= 15 is 0 Å². The molecule has 1 heteroatoms. The normalized spacial score (nSPS) is 8.27. The van der Waals surface area contributed by atoms with Crippen LogP contribution in [0, 0.1) is 13.8 Å². The lowest BCUT2D eigenvalue weighted by molar-refractivity contribution is 1.40. The van der Waals surface area contributed by atoms with Crippen LogP contribution in [0.2, 0.25) is 5.02 Å². The molecule has 0 amide bonds. The molecular weight excluding hydrogens is 156 g/mol. The number of benzene rings is 1. The highest BCUT2D eigenvalue weighted by molar-refractivity contribution is 6.31. The largest absolute Gasteiger partial charge is 0.106 e. The molecule has 0 heterocycles. The van der Waals surface area contributed by atoms with Crippen molar-refractivity contribution in [3.8, 4) is 0 Å². The molecule has 0 nitrogen and oxygen atoms in total. The van der Waals surface area contributed by atoms with Crippen LogP contribution in [-0.4, -0.2) is 0 Å². The average Bonchev–Trinajstić information content (AvgIpc) is 2.02. The van der Waals surface area contributed by atoms with Crippen molar-refractivity contribution < 1.29 is 0 Å². The lowest BCUT2D eigenvalue weighted by atomic mass is 10.2. The fourth-order valence-corrected chi connectivity index (χ4v) is 0.933. The molecule has 0 aromatic heterocycles. The Kier molecular flexibility index (Phi) is 4.64. The Balaban J connectivity index is 0.000000461. The molecule has 0 aliphatic heterocycles. The quantitative estimate of drug-likeness (QED) is 0.518. The van der Waals surface area contributed by atoms with Gasteiger partial charge in [0.05, 0.1) is 0 Å². The summed E-state index contributed by atoms with van der Waals surface area (Å²) in [5, 5.41) is 0.856. The van der Waals surface area contributed by atoms with Gasteiger partial charge in [-0.15, -0.1) is 13.2 Å². The van der Waals surface area contributed by atoms with Crippen molar-refractivity contribution in [2.75, 3.05) is 0 Å². The topological polar surface area (TPSA) is 0 Å². The van der Waals surface area contributed by atoms with Crippen LogP contribution in [0.4, 0.5) is 0 Å². The fourth-order valence-electron chi connectivity index (χ4n) is 0.698. The summed E-state index contributed by atoms with van der Waals surface area (Å²) in [7, 11) is 0. The van der Waals surface area contributed by atoms with Crippen LogP contribution in [0.1, 0.15) is 11.1 Å². The third kappa shape index (κ3) is 3.24. The summed E-state index contributed by atoms with van der Waals surface area (Å²) in [4.78, 5) is 0. The Morgan fingerprint density at radius 3 is 2.09 bits per heavy atom. The maximum Gasteiger partial charge on any atom is 0.0437 e. The smallest absolute Gasteiger partial charge is 0.0437 e. The molecule has 0 aliphatic rings. The SMILES string of the molecule is C=C.Cc1ccc(C)c(Cl)c1. The predicted octanol–water partition coefficient (Wildman–Crippen LogP) is 3.76. The summed E-state index contributed by atoms with van der Waals surface area (Å²) in [6.45, 7) is 10.0. The monoisotopic (exact) mass is 168 g/mol. The first kappa shape index (κ1) is 10.2. The van der Waals surface area contributed by atoms with Crippen LogP contribution in [-0.2, 0) is 0 Å². The highest BCUT2D eigenvalue weighted by Crippen LogP contribution is 2.15. The van der Waals surface area contributed by atoms with Crippen molar-refractivity contribution in [1.82, 2.24) is 0 Å². The summed E-state index contributed by atoms with van der Waals surface area (Å²) in [5.74, 6) is 0. The van der Waals surface area contributed by atoms with Crippen molar-refractivity contribution in [2.45, 2.75) is 13.8 Å². The molecule has 1 rings (SSSR count). The van der Waals surface area contributed by atoms with Crippen LogP contribution in [0.15, 0.2) is 31.4 Å². The van der Waals surface area contributed by atoms with Gasteiger partial charge in [-0.25, -0.2) is 0 Å². The second-order valence-electron chi connectivity index (χ2n) is 2.25. The molecule has 0 fully saturated rings. The van der Waals surface area contributed by atoms with Crippen molar-refractivity contribution in [2.24, 2.45) is 0 Å². The predicted molar refractivity (Wildman–Crippen MR) is 52.2 cm³/mol. The van der Waals surface area contributed by atoms with Gasteiger partial charge in [-0.05, 0) is 31.0 Å². The Labute approximate surface area is 73.5 Å². The molecule has 60 valence electrons. The van der Waals surface area contributed by atoms with E-state index in [0.717, 1.165) is 10.6 Å². The summed E-state index contributed by atoms with van der Waals surface area (Å²) in [5.41, 5.74) is 2.35. The van der Waals surface area contributed by atoms with E-state index in [4.69, 9.17) is 11.6 Å². The van der Waals surface area contributed by atoms with Crippen LogP contribution < -0.4 is 0 Å². The molecule has 0 saturated heterocycles. The molecule has 0 spiro atoms. The van der Waals surface area contributed by atoms with Crippen molar-refractivity contribution in [3.05, 3.63) is 47.5 Å². The van der Waals surface area contributed by atoms with E-state index in [1.54, 1.807) is 0 Å². The second kappa shape index (κ2) is 4.97. The number of halogens is 1. The van der Waals surface area contributed by atoms with Crippen LogP contribution >= 0.6 is 11.6 Å². The second-order valence-corrected chi connectivity index (χ2v) is 2.66. The van der Waals surface area contributed by atoms with Gasteiger partial charge in [0.25, 0.3) is 0 Å². The number of hydrogen-bond donors (Lipinski definition) is 0. The first-order valence-corrected chi connectivity index (χ1v) is 3.80. The minimum atomic E-state index is 0.856. The molecule has 0 bridgehead atoms. The first-order valence-electron chi connectivity index (χ1n) is 3.43. The minimum absolute atomic E-state index is 0.856. The van der Waals surface area contributed by atoms with Gasteiger partial charge in [0.2, 0.25) is 0 Å². The summed E-state index contributed by atoms with van der Waals surface area (Å²) >= 11 is 5.81. The van der Waals surface area contributed by atoms with E-state index in [0.29, 0.717) is 0 Å². The van der Waals surface area contributed by atoms with E-state index < -0.39 is 0 Å². The highest BCUT2D eigenvalue weighted by Gasteiger charge is 1.91. The van der Waals surface area contributed by atoms with Gasteiger partial charge < -0.3 is 0 Å². The average molecular weight is 169 g/mol. The van der Waals surface area contributed by atoms with Crippen LogP contribution in [0.25, 0.3) is 0 Å². The van der Waals surface area contributed by atoms with Crippen LogP contribution in [0.5, 0.6) is 0 Å². The van der Waals surface area contributed by atoms with Crippen LogP contribution in [0.3, 0.4) is 0 Å². The molecule has 1 aromatic carbocycles. The standard InChI is InChI=1S/C8H9Cl.C2H4/c1-6-3-4-7(2)8(9)5-6;1-2/h3-5H,1-2H3;1-2H2. The Hall–Kier alpha value is -0.750. The maximum absolute atomic E-state index is 5.81. The Morgan fingerprint density at radius 1 is 1.18 bits per heavy atom. The summed E-state index contributed by atoms with van der Waals surface area (Å²) < 4.78 is 0. The number of hydrogen-bond acceptors (Lipinski definition) is 0. The Bertz CT molecular complexity index is 228. The number of aryl methyl sites for hydroxylation is 2. The molecule has 0 unspecified atom stereocenters. The van der Waals surface area contributed by atoms with Gasteiger partial charge in [0.15, 0.2) is 0 Å². The minimum Gasteiger partial charge on any atom is -0.106 e. The fraction of sp³-hybridized carbons (Fsp3) is 0.200. The van der Waals surface area contributed by atoms with E-state index in [2.05, 4.69) is 19.2 Å². The van der Waals surface area contributed by atoms with Gasteiger partial charge >= 0.3 is 0 Å². The zero-order valence-electron chi connectivity index (χ0n) is 7.02. The Morgan fingerprint density at radius 2 is 1.73 bits per heavy atom. The van der Waals surface area contributed by atoms with Gasteiger partial charge in [0, 0.05) is 5.02 Å². The van der Waals surface area contributed by atoms with Gasteiger partial charge in [-0.2, -0.15) is 0 Å². The third-order valence-electron chi connectivity index (χ3n) is 1.33. The third-order valence-corrected chi connectivity index (χ3v) is 1.73. The molecule has 0 N–H and O–H groups in total. The lowest BCUT2D eigenvalue weighted by Crippen LogP contribution is -1.75. The molecule has 0 radical (unpaired) electrons. The summed E-state index contributed by atoms with van der Waals surface area (Å²) in [6.07, 6.45) is 0. The molecule has 1 aromatic rings. The van der Waals surface area contributed by atoms with E-state index in [9.17, 15) is 0 Å². The zero-order valence-corrected chi connectivity index (χ0v) is 7.78. The molecule has 0 atom stereocenters. The highest BCUT2D eigenvalue weighted by atomic mass is 35.5. The zero-order chi connectivity index (χ0) is 8.85. The summed E-state index contributed by atoms with van der Waals surface area (Å²) in [6, 6.07) is 6.05. The van der Waals surface area contributed by atoms with Gasteiger partial charge in [-0.1, -0.05) is 23.7 Å². The molecule has 0 aliphatic carbocycles. The van der Waals surface area contributed by atoms with E-state index in [1.165, 1.54) is 5.56 Å². The first-order chi connectivity index (χ1) is 5.20. The molecule has 0 saturated carbocycles. The van der Waals surface area contributed by atoms with Gasteiger partial charge in [-0.3, -0.25) is 0 Å². The number of rotatable bonds is 0. The van der Waals surface area contributed by atoms with E-state index in [1.807, 2.05) is 26.0 Å². The van der Waals surface area contributed by atoms with Crippen molar-refractivity contribution in [3.63, 3.8) is 0 Å². The van der Waals surface area contributed by atoms with E-state index in [-0.39, 0.29) is 0 Å². The maximum atomic E-state index is 5.81. The van der Waals surface area contributed by atoms with Gasteiger partial charge in [0.1, 0.15) is 0 Å². The molecular formula is C10H13Cl. The lowest BCUT2D eigenvalue weighted by Gasteiger charge is -1.96. The van der Waals surface area contributed by atoms with Crippen molar-refractivity contribution in [1.29, 1.82) is 0 Å². The van der Waals surface area contributed by atoms with Crippen molar-refractivity contribution >= 4 is 11.6 Å².